The highest BCUT2D eigenvalue weighted by molar-refractivity contribution is 7.11. The number of hydrogen-bond donors (Lipinski definition) is 4. The molecule has 0 spiro atoms. The number of aromatic nitrogens is 4. The second-order valence-corrected chi connectivity index (χ2v) is 35.3. The fourth-order valence-electron chi connectivity index (χ4n) is 18.7. The summed E-state index contributed by atoms with van der Waals surface area (Å²) < 4.78 is 0. The van der Waals surface area contributed by atoms with Crippen LogP contribution in [0.1, 0.15) is 145 Å². The fraction of sp³-hybridized carbons (Fsp3) is 0.101. The van der Waals surface area contributed by atoms with Crippen LogP contribution in [-0.2, 0) is 25.7 Å². The third kappa shape index (κ3) is 18.4. The Morgan fingerprint density at radius 3 is 0.978 bits per heavy atom. The highest BCUT2D eigenvalue weighted by Crippen LogP contribution is 2.51. The number of nitrogens with two attached hydrogens (primary N) is 2. The van der Waals surface area contributed by atoms with Gasteiger partial charge in [0.15, 0.2) is 0 Å². The van der Waals surface area contributed by atoms with Gasteiger partial charge in [-0.05, 0) is 212 Å². The topological polar surface area (TPSA) is 186 Å². The van der Waals surface area contributed by atoms with Gasteiger partial charge in [0, 0.05) is 54.3 Å². The highest BCUT2D eigenvalue weighted by atomic mass is 35.5. The van der Waals surface area contributed by atoms with Gasteiger partial charge in [-0.1, -0.05) is 336 Å². The van der Waals surface area contributed by atoms with E-state index in [2.05, 4.69) is 264 Å². The van der Waals surface area contributed by atoms with Crippen LogP contribution in [0.2, 0.25) is 0 Å². The first kappa shape index (κ1) is 89.0. The lowest BCUT2D eigenvalue weighted by Crippen LogP contribution is -3.00. The van der Waals surface area contributed by atoms with Gasteiger partial charge in [0.2, 0.25) is 11.6 Å². The minimum absolute atomic E-state index is 0. The normalized spacial score (nSPS) is 15.5. The number of ketones is 2. The van der Waals surface area contributed by atoms with Crippen molar-refractivity contribution in [1.29, 1.82) is 0 Å². The molecule has 17 aromatic rings. The van der Waals surface area contributed by atoms with E-state index in [1.807, 2.05) is 140 Å². The molecule has 654 valence electrons. The van der Waals surface area contributed by atoms with Crippen molar-refractivity contribution in [1.82, 2.24) is 30.6 Å². The summed E-state index contributed by atoms with van der Waals surface area (Å²) >= 11 is 3.37. The van der Waals surface area contributed by atoms with Gasteiger partial charge in [-0.3, -0.25) is 30.7 Å². The summed E-state index contributed by atoms with van der Waals surface area (Å²) in [5.41, 5.74) is 41.0. The van der Waals surface area contributed by atoms with Crippen LogP contribution in [0.3, 0.4) is 0 Å². The number of carbonyl (C=O) groups excluding carboxylic acids is 2. The van der Waals surface area contributed by atoms with Crippen LogP contribution in [0, 0.1) is 0 Å². The summed E-state index contributed by atoms with van der Waals surface area (Å²) in [4.78, 5) is 62.7. The predicted octanol–water partition coefficient (Wildman–Crippen LogP) is 23.2. The monoisotopic (exact) mass is 1800 g/mol. The molecule has 23 rings (SSSR count). The molecule has 11 aromatic carbocycles. The van der Waals surface area contributed by atoms with Crippen LogP contribution in [0.4, 0.5) is 0 Å². The number of amidine groups is 3. The molecule has 2 unspecified atom stereocenters. The Balaban J connectivity index is 0.000000165. The van der Waals surface area contributed by atoms with Crippen molar-refractivity contribution in [3.63, 3.8) is 0 Å². The third-order valence-electron chi connectivity index (χ3n) is 25.2. The van der Waals surface area contributed by atoms with Gasteiger partial charge in [0.05, 0.1) is 51.1 Å². The Kier molecular flexibility index (Phi) is 26.6. The van der Waals surface area contributed by atoms with E-state index in [0.717, 1.165) is 190 Å². The molecular weight excluding hydrogens is 1700 g/mol. The quantitative estimate of drug-likeness (QED) is 0.0440. The average Bonchev–Trinajstić information content (AvgIpc) is 1.09. The third-order valence-corrected chi connectivity index (χ3v) is 27.1. The fourth-order valence-corrected chi connectivity index (χ4v) is 20.6. The Morgan fingerprint density at radius 2 is 0.627 bits per heavy atom. The Labute approximate surface area is 796 Å². The molecule has 134 heavy (non-hydrogen) atoms. The maximum absolute atomic E-state index is 14.1. The lowest BCUT2D eigenvalue weighted by molar-refractivity contribution is -0.114. The zero-order chi connectivity index (χ0) is 88.1. The molecule has 0 saturated carbocycles. The highest BCUT2D eigenvalue weighted by Gasteiger charge is 2.39. The molecule has 0 amide bonds. The van der Waals surface area contributed by atoms with Crippen LogP contribution in [0.15, 0.2) is 413 Å². The number of pyridine rings is 4. The second-order valence-electron chi connectivity index (χ2n) is 33.4. The van der Waals surface area contributed by atoms with E-state index in [1.54, 1.807) is 22.7 Å². The summed E-state index contributed by atoms with van der Waals surface area (Å²) in [5.74, 6) is 2.02. The zero-order valence-electron chi connectivity index (χ0n) is 72.2. The SMILES string of the molecule is C.C.NC(=[NH2+])c1ccccc1.O=C1/C(=C/c2csc(/C=C3\CCc4c(-c5ccccc5)cc(-c5ccccc5)nc4C3=O)c2)CCc2c(-c3ccccc3)cc(-c3ccccc3)nc21.[Cl-].c1ccc(C2=NC(c3csc(C4N=C(c5ccccc5)NC5=C4CCc4c(-c6ccccc6)cc(-c6ccccc6)nc45)c3)C3=C(N2)c2nc(-c4ccccc4)cc(-c4ccccc4)c2CC3)cc1. The van der Waals surface area contributed by atoms with Crippen molar-refractivity contribution >= 4 is 75.3 Å². The Bertz CT molecular complexity index is 7000. The molecule has 6 N–H and O–H groups in total. The molecule has 12 nitrogen and oxygen atoms in total. The lowest BCUT2D eigenvalue weighted by atomic mass is 9.81. The van der Waals surface area contributed by atoms with Gasteiger partial charge in [-0.25, -0.2) is 19.9 Å². The van der Waals surface area contributed by atoms with Gasteiger partial charge in [-0.2, -0.15) is 0 Å². The number of allylic oxidation sites excluding steroid dienone is 2. The molecule has 0 radical (unpaired) electrons. The van der Waals surface area contributed by atoms with E-state index in [-0.39, 0.29) is 50.9 Å². The maximum Gasteiger partial charge on any atom is 0.270 e. The summed E-state index contributed by atoms with van der Waals surface area (Å²) in [6.45, 7) is 0. The van der Waals surface area contributed by atoms with Gasteiger partial charge < -0.3 is 23.0 Å². The number of halogens is 1. The van der Waals surface area contributed by atoms with Crippen molar-refractivity contribution in [2.45, 2.75) is 78.3 Å². The van der Waals surface area contributed by atoms with E-state index in [1.165, 1.54) is 55.0 Å². The molecule has 2 atom stereocenters. The predicted molar refractivity (Wildman–Crippen MR) is 549 cm³/mol. The molecule has 6 aliphatic rings. The average molecular weight is 1800 g/mol. The summed E-state index contributed by atoms with van der Waals surface area (Å²) in [6, 6.07) is 127. The van der Waals surface area contributed by atoms with Crippen molar-refractivity contribution in [2.24, 2.45) is 15.7 Å². The van der Waals surface area contributed by atoms with Gasteiger partial charge in [0.1, 0.15) is 35.1 Å². The number of rotatable bonds is 15. The first-order chi connectivity index (χ1) is 64.6. The molecule has 4 aliphatic carbocycles. The minimum Gasteiger partial charge on any atom is -1.00 e. The number of hydrogen-bond acceptors (Lipinski definition) is 12. The molecule has 8 heterocycles. The molecule has 2 aliphatic heterocycles. The lowest BCUT2D eigenvalue weighted by Gasteiger charge is -2.33. The van der Waals surface area contributed by atoms with E-state index >= 15 is 0 Å². The van der Waals surface area contributed by atoms with Crippen molar-refractivity contribution in [2.75, 3.05) is 0 Å². The summed E-state index contributed by atoms with van der Waals surface area (Å²) in [6.07, 6.45) is 10.2. The van der Waals surface area contributed by atoms with Crippen molar-refractivity contribution in [3.8, 4) is 89.5 Å². The van der Waals surface area contributed by atoms with Crippen LogP contribution < -0.4 is 34.2 Å². The van der Waals surface area contributed by atoms with Crippen LogP contribution in [0.25, 0.3) is 113 Å². The van der Waals surface area contributed by atoms with Gasteiger partial charge >= 0.3 is 0 Å². The number of nitrogens with one attached hydrogen (secondary N) is 2. The largest absolute Gasteiger partial charge is 1.00 e. The Morgan fingerprint density at radius 1 is 0.328 bits per heavy atom. The van der Waals surface area contributed by atoms with Crippen LogP contribution in [-0.4, -0.2) is 49.0 Å². The first-order valence-corrected chi connectivity index (χ1v) is 46.3. The molecule has 0 bridgehead atoms. The van der Waals surface area contributed by atoms with E-state index < -0.39 is 0 Å². The smallest absolute Gasteiger partial charge is 0.270 e. The number of Topliss-reactive ketones (excluding diaryl/α,β-unsaturated/α-hetero) is 2. The molecule has 0 fully saturated rings. The zero-order valence-corrected chi connectivity index (χ0v) is 74.6. The van der Waals surface area contributed by atoms with E-state index in [0.29, 0.717) is 30.1 Å². The van der Waals surface area contributed by atoms with Gasteiger partial charge in [0.25, 0.3) is 5.84 Å². The molecule has 6 aromatic heterocycles. The maximum atomic E-state index is 14.1. The number of carbonyl (C=O) groups is 2. The number of thiophene rings is 2. The first-order valence-electron chi connectivity index (χ1n) is 44.6. The molecule has 0 saturated heterocycles. The summed E-state index contributed by atoms with van der Waals surface area (Å²) in [5, 5.41) is 17.5. The number of aliphatic imine (C=N–C) groups is 2. The van der Waals surface area contributed by atoms with Crippen molar-refractivity contribution < 1.29 is 27.4 Å². The number of nitrogens with zero attached hydrogens (tertiary/aromatic N) is 6. The van der Waals surface area contributed by atoms with E-state index in [4.69, 9.17) is 41.1 Å². The standard InChI is InChI=1S/C62H46N6S.C48H34N2O2S.C7H8N2.2CH4.ClH/c1-7-19-39(20-8-1)50-36-52(41-23-11-3-12-24-41)63-57-46(50)31-33-48-55(65-61(67-59(48)57)43-27-15-5-16-28-43)45-35-54(69-38-45)56-49-34-32-47-51(40-21-9-2-10-22-40)37-53(42-25-13-4-14-26-42)64-58(47)60(49)68-62(66-56)44-29-17-6-18-30-44;51-47-36(21-23-39-41(32-13-5-1-6-14-32)28-43(49-45(39)47)34-17-9-3-10-18-34)25-31-26-38(53-30-31)27-37-22-24-40-42(33-15-7-2-8-16-33)29-44(50-46(40)48(37)52)35-19-11-4-12-20-35;8-7(9)6-4-2-1-3-5-6;;;/h1-30,35-38,55-56H,31-34H2,(H,65,67)(H,66,68);1-20,25-30H,21-24H2;1-5H,(H3,8,9);2*1H4;1H/b;36-25+,37-27+;;;;. The minimum atomic E-state index is -0.208. The van der Waals surface area contributed by atoms with Crippen molar-refractivity contribution in [3.05, 3.63) is 486 Å². The number of fused-ring (bicyclic) bond motifs is 6. The van der Waals surface area contributed by atoms with Gasteiger partial charge in [-0.15, -0.1) is 22.7 Å². The Hall–Kier alpha value is -15.6. The molecule has 15 heteroatoms. The van der Waals surface area contributed by atoms with Crippen LogP contribution in [0.5, 0.6) is 0 Å². The van der Waals surface area contributed by atoms with E-state index in [9.17, 15) is 9.59 Å². The molecular formula is C119H97ClN10O2S2. The second kappa shape index (κ2) is 40.0. The van der Waals surface area contributed by atoms with Crippen LogP contribution >= 0.6 is 22.7 Å². The summed E-state index contributed by atoms with van der Waals surface area (Å²) in [7, 11) is 0. The number of benzene rings is 11.